The molecular formula is C20H22N2O5S. The standard InChI is InChI=1S/C20H22N2O5S/c23-12-20(8-9-20)13-1-3-14(4-2-13)22-15(5-6-17(22)24)7-10-27-19-21-11-16(28-19)18(25)26/h1-4,11,15,23H,5-10,12H2,(H,25,26)/t15-/m0/s1. The van der Waals surface area contributed by atoms with Gasteiger partial charge in [-0.05, 0) is 37.0 Å². The summed E-state index contributed by atoms with van der Waals surface area (Å²) in [6.45, 7) is 0.530. The second-order valence-electron chi connectivity index (χ2n) is 7.37. The van der Waals surface area contributed by atoms with Crippen molar-refractivity contribution in [1.82, 2.24) is 4.98 Å². The number of rotatable bonds is 8. The van der Waals surface area contributed by atoms with E-state index in [2.05, 4.69) is 4.98 Å². The molecule has 2 aromatic rings. The normalized spacial score (nSPS) is 20.4. The number of anilines is 1. The van der Waals surface area contributed by atoms with Crippen molar-refractivity contribution in [3.63, 3.8) is 0 Å². The molecule has 8 heteroatoms. The van der Waals surface area contributed by atoms with Crippen molar-refractivity contribution in [3.05, 3.63) is 40.9 Å². The molecule has 2 N–H and O–H groups in total. The first-order valence-corrected chi connectivity index (χ1v) is 10.2. The van der Waals surface area contributed by atoms with Gasteiger partial charge < -0.3 is 19.8 Å². The lowest BCUT2D eigenvalue weighted by Crippen LogP contribution is -2.34. The Morgan fingerprint density at radius 2 is 2.07 bits per heavy atom. The molecule has 2 heterocycles. The summed E-state index contributed by atoms with van der Waals surface area (Å²) in [6.07, 6.45) is 5.22. The second kappa shape index (κ2) is 7.52. The van der Waals surface area contributed by atoms with Gasteiger partial charge in [0, 0.05) is 30.0 Å². The molecule has 1 aromatic heterocycles. The first kappa shape index (κ1) is 18.9. The first-order chi connectivity index (χ1) is 13.5. The third-order valence-corrected chi connectivity index (χ3v) is 6.51. The van der Waals surface area contributed by atoms with E-state index in [1.54, 1.807) is 0 Å². The Morgan fingerprint density at radius 1 is 1.32 bits per heavy atom. The Morgan fingerprint density at radius 3 is 2.68 bits per heavy atom. The Bertz CT molecular complexity index is 875. The summed E-state index contributed by atoms with van der Waals surface area (Å²) in [6, 6.07) is 8.00. The maximum Gasteiger partial charge on any atom is 0.347 e. The third kappa shape index (κ3) is 3.62. The number of carbonyl (C=O) groups excluding carboxylic acids is 1. The molecule has 4 rings (SSSR count). The van der Waals surface area contributed by atoms with Crippen LogP contribution in [0.5, 0.6) is 5.19 Å². The van der Waals surface area contributed by atoms with Crippen LogP contribution in [0.15, 0.2) is 30.5 Å². The highest BCUT2D eigenvalue weighted by Crippen LogP contribution is 2.48. The van der Waals surface area contributed by atoms with Crippen LogP contribution in [0.1, 0.15) is 47.3 Å². The van der Waals surface area contributed by atoms with Crippen molar-refractivity contribution in [2.45, 2.75) is 43.6 Å². The van der Waals surface area contributed by atoms with Gasteiger partial charge in [0.05, 0.1) is 19.4 Å². The minimum atomic E-state index is -1.02. The van der Waals surface area contributed by atoms with Crippen molar-refractivity contribution in [2.75, 3.05) is 18.1 Å². The van der Waals surface area contributed by atoms with Crippen molar-refractivity contribution in [3.8, 4) is 5.19 Å². The molecule has 0 unspecified atom stereocenters. The third-order valence-electron chi connectivity index (χ3n) is 5.61. The van der Waals surface area contributed by atoms with E-state index in [0.717, 1.165) is 41.9 Å². The SMILES string of the molecule is O=C(O)c1cnc(OCC[C@@H]2CCC(=O)N2c2ccc(C3(CO)CC3)cc2)s1. The molecule has 0 bridgehead atoms. The largest absolute Gasteiger partial charge is 0.477 e. The van der Waals surface area contributed by atoms with E-state index in [0.29, 0.717) is 24.6 Å². The van der Waals surface area contributed by atoms with Gasteiger partial charge in [0.2, 0.25) is 5.91 Å². The minimum absolute atomic E-state index is 0.0463. The zero-order valence-corrected chi connectivity index (χ0v) is 16.2. The first-order valence-electron chi connectivity index (χ1n) is 9.38. The highest BCUT2D eigenvalue weighted by atomic mass is 32.1. The van der Waals surface area contributed by atoms with Gasteiger partial charge in [-0.3, -0.25) is 4.79 Å². The Balaban J connectivity index is 1.38. The van der Waals surface area contributed by atoms with Crippen molar-refractivity contribution in [1.29, 1.82) is 0 Å². The molecule has 2 aliphatic rings. The average Bonchev–Trinajstić information content (AvgIpc) is 3.20. The molecule has 1 aliphatic heterocycles. The quantitative estimate of drug-likeness (QED) is 0.704. The Kier molecular flexibility index (Phi) is 5.07. The summed E-state index contributed by atoms with van der Waals surface area (Å²) >= 11 is 0.999. The number of thiazole rings is 1. The van der Waals surface area contributed by atoms with Crippen LogP contribution < -0.4 is 9.64 Å². The fourth-order valence-corrected chi connectivity index (χ4v) is 4.37. The lowest BCUT2D eigenvalue weighted by molar-refractivity contribution is -0.117. The van der Waals surface area contributed by atoms with Crippen molar-refractivity contribution >= 4 is 28.9 Å². The molecule has 1 saturated carbocycles. The molecule has 0 spiro atoms. The summed E-state index contributed by atoms with van der Waals surface area (Å²) in [7, 11) is 0. The molecule has 0 radical (unpaired) electrons. The maximum atomic E-state index is 12.4. The number of hydrogen-bond donors (Lipinski definition) is 2. The molecule has 1 amide bonds. The van der Waals surface area contributed by atoms with Crippen LogP contribution in [-0.2, 0) is 10.2 Å². The van der Waals surface area contributed by atoms with Crippen LogP contribution in [0.25, 0.3) is 0 Å². The van der Waals surface area contributed by atoms with Crippen LogP contribution in [0, 0.1) is 0 Å². The van der Waals surface area contributed by atoms with Gasteiger partial charge in [0.1, 0.15) is 4.88 Å². The number of amides is 1. The van der Waals surface area contributed by atoms with E-state index >= 15 is 0 Å². The molecule has 1 saturated heterocycles. The van der Waals surface area contributed by atoms with E-state index in [1.807, 2.05) is 29.2 Å². The van der Waals surface area contributed by atoms with Gasteiger partial charge in [0.15, 0.2) is 0 Å². The zero-order chi connectivity index (χ0) is 19.7. The number of nitrogens with zero attached hydrogens (tertiary/aromatic N) is 2. The number of carbonyl (C=O) groups is 2. The summed E-state index contributed by atoms with van der Waals surface area (Å²) < 4.78 is 5.58. The zero-order valence-electron chi connectivity index (χ0n) is 15.3. The molecular weight excluding hydrogens is 380 g/mol. The lowest BCUT2D eigenvalue weighted by atomic mass is 9.96. The predicted octanol–water partition coefficient (Wildman–Crippen LogP) is 2.83. The molecule has 1 aliphatic carbocycles. The van der Waals surface area contributed by atoms with E-state index in [1.165, 1.54) is 6.20 Å². The van der Waals surface area contributed by atoms with E-state index in [4.69, 9.17) is 9.84 Å². The molecule has 28 heavy (non-hydrogen) atoms. The van der Waals surface area contributed by atoms with E-state index in [9.17, 15) is 14.7 Å². The number of aliphatic hydroxyl groups excluding tert-OH is 1. The highest BCUT2D eigenvalue weighted by molar-refractivity contribution is 7.15. The van der Waals surface area contributed by atoms with E-state index < -0.39 is 5.97 Å². The number of aromatic carboxylic acids is 1. The minimum Gasteiger partial charge on any atom is -0.477 e. The number of ether oxygens (including phenoxy) is 1. The summed E-state index contributed by atoms with van der Waals surface area (Å²) in [5.74, 6) is -0.916. The van der Waals surface area contributed by atoms with Gasteiger partial charge in [-0.2, -0.15) is 0 Å². The number of benzene rings is 1. The smallest absolute Gasteiger partial charge is 0.347 e. The van der Waals surface area contributed by atoms with E-state index in [-0.39, 0.29) is 28.8 Å². The molecule has 1 aromatic carbocycles. The average molecular weight is 402 g/mol. The predicted molar refractivity (Wildman–Crippen MR) is 104 cm³/mol. The number of hydrogen-bond acceptors (Lipinski definition) is 6. The molecule has 2 fully saturated rings. The summed E-state index contributed by atoms with van der Waals surface area (Å²) in [4.78, 5) is 29.2. The van der Waals surface area contributed by atoms with Gasteiger partial charge >= 0.3 is 5.97 Å². The number of aromatic nitrogens is 1. The van der Waals surface area contributed by atoms with Crippen LogP contribution in [0.2, 0.25) is 0 Å². The molecule has 1 atom stereocenters. The van der Waals surface area contributed by atoms with Gasteiger partial charge in [-0.25, -0.2) is 9.78 Å². The fraction of sp³-hybridized carbons (Fsp3) is 0.450. The van der Waals surface area contributed by atoms with Gasteiger partial charge in [0.25, 0.3) is 5.19 Å². The lowest BCUT2D eigenvalue weighted by Gasteiger charge is -2.25. The topological polar surface area (TPSA) is 100.0 Å². The number of carboxylic acids is 1. The second-order valence-corrected chi connectivity index (χ2v) is 8.37. The van der Waals surface area contributed by atoms with Crippen molar-refractivity contribution < 1.29 is 24.5 Å². The van der Waals surface area contributed by atoms with Crippen LogP contribution in [-0.4, -0.2) is 46.3 Å². The van der Waals surface area contributed by atoms with Gasteiger partial charge in [-0.1, -0.05) is 23.5 Å². The van der Waals surface area contributed by atoms with Gasteiger partial charge in [-0.15, -0.1) is 0 Å². The number of carboxylic acid groups (broad SMARTS) is 1. The van der Waals surface area contributed by atoms with Crippen LogP contribution in [0.3, 0.4) is 0 Å². The number of aliphatic hydroxyl groups is 1. The summed E-state index contributed by atoms with van der Waals surface area (Å²) in [5, 5.41) is 18.8. The molecule has 7 nitrogen and oxygen atoms in total. The summed E-state index contributed by atoms with van der Waals surface area (Å²) in [5.41, 5.74) is 1.92. The monoisotopic (exact) mass is 402 g/mol. The Labute approximate surface area is 166 Å². The van der Waals surface area contributed by atoms with Crippen LogP contribution in [0.4, 0.5) is 5.69 Å². The molecule has 148 valence electrons. The van der Waals surface area contributed by atoms with Crippen LogP contribution >= 0.6 is 11.3 Å². The Hall–Kier alpha value is -2.45. The highest BCUT2D eigenvalue weighted by Gasteiger charge is 2.43. The fourth-order valence-electron chi connectivity index (χ4n) is 3.74. The maximum absolute atomic E-state index is 12.4. The van der Waals surface area contributed by atoms with Crippen molar-refractivity contribution in [2.24, 2.45) is 0 Å².